The van der Waals surface area contributed by atoms with Crippen LogP contribution in [0.5, 0.6) is 11.5 Å². The van der Waals surface area contributed by atoms with Crippen LogP contribution >= 0.6 is 0 Å². The van der Waals surface area contributed by atoms with E-state index in [4.69, 9.17) is 24.5 Å². The first-order valence-electron chi connectivity index (χ1n) is 11.8. The standard InChI is InChI=1S/C26H27N5O5/c1-35-21-9-7-17(12-22(21)36-2)28-24-18-4-3-5-19(18)29-26(30-24)31-11-10-16(14-31)23(32)15-6-8-20(25(33)34)27-13-15/h6-9,12-13,16H,3-5,10-11,14H2,1-2H3,(H,33,34)(H,28,29,30). The second-order valence-electron chi connectivity index (χ2n) is 8.88. The molecule has 1 atom stereocenters. The van der Waals surface area contributed by atoms with E-state index >= 15 is 0 Å². The monoisotopic (exact) mass is 489 g/mol. The molecule has 1 saturated heterocycles. The van der Waals surface area contributed by atoms with E-state index in [9.17, 15) is 9.59 Å². The minimum atomic E-state index is -1.12. The number of aromatic carboxylic acids is 1. The fraction of sp³-hybridized carbons (Fsp3) is 0.346. The highest BCUT2D eigenvalue weighted by Crippen LogP contribution is 2.35. The average Bonchev–Trinajstić information content (AvgIpc) is 3.58. The fourth-order valence-corrected chi connectivity index (χ4v) is 4.77. The first-order valence-corrected chi connectivity index (χ1v) is 11.8. The van der Waals surface area contributed by atoms with Crippen LogP contribution in [-0.4, -0.2) is 59.1 Å². The lowest BCUT2D eigenvalue weighted by Crippen LogP contribution is -2.25. The van der Waals surface area contributed by atoms with Gasteiger partial charge < -0.3 is 24.8 Å². The molecular formula is C26H27N5O5. The Morgan fingerprint density at radius 1 is 1.08 bits per heavy atom. The molecule has 1 fully saturated rings. The summed E-state index contributed by atoms with van der Waals surface area (Å²) >= 11 is 0. The van der Waals surface area contributed by atoms with E-state index in [1.54, 1.807) is 14.2 Å². The summed E-state index contributed by atoms with van der Waals surface area (Å²) in [7, 11) is 3.20. The number of carboxylic acid groups (broad SMARTS) is 1. The Kier molecular flexibility index (Phi) is 6.41. The molecule has 2 N–H and O–H groups in total. The third-order valence-electron chi connectivity index (χ3n) is 6.68. The van der Waals surface area contributed by atoms with Gasteiger partial charge >= 0.3 is 5.97 Å². The zero-order valence-corrected chi connectivity index (χ0v) is 20.2. The number of ketones is 1. The van der Waals surface area contributed by atoms with Crippen LogP contribution in [0.2, 0.25) is 0 Å². The zero-order chi connectivity index (χ0) is 25.2. The van der Waals surface area contributed by atoms with E-state index in [-0.39, 0.29) is 17.4 Å². The molecule has 10 heteroatoms. The van der Waals surface area contributed by atoms with E-state index < -0.39 is 5.97 Å². The van der Waals surface area contributed by atoms with E-state index in [1.165, 1.54) is 18.3 Å². The number of carbonyl (C=O) groups excluding carboxylic acids is 1. The topological polar surface area (TPSA) is 127 Å². The highest BCUT2D eigenvalue weighted by molar-refractivity contribution is 5.98. The van der Waals surface area contributed by atoms with E-state index in [2.05, 4.69) is 10.3 Å². The van der Waals surface area contributed by atoms with Crippen molar-refractivity contribution in [2.45, 2.75) is 25.7 Å². The van der Waals surface area contributed by atoms with Crippen LogP contribution in [0.4, 0.5) is 17.5 Å². The van der Waals surface area contributed by atoms with Gasteiger partial charge in [0.1, 0.15) is 11.5 Å². The number of carbonyl (C=O) groups is 2. The maximum atomic E-state index is 13.0. The number of benzene rings is 1. The summed E-state index contributed by atoms with van der Waals surface area (Å²) in [4.78, 5) is 39.7. The molecule has 1 unspecified atom stereocenters. The van der Waals surface area contributed by atoms with Gasteiger partial charge in [0.25, 0.3) is 0 Å². The number of nitrogens with zero attached hydrogens (tertiary/aromatic N) is 4. The molecule has 0 bridgehead atoms. The van der Waals surface area contributed by atoms with Crippen LogP contribution in [0.1, 0.15) is 44.9 Å². The van der Waals surface area contributed by atoms with Gasteiger partial charge in [0.2, 0.25) is 5.95 Å². The summed E-state index contributed by atoms with van der Waals surface area (Å²) in [5.74, 6) is 1.24. The summed E-state index contributed by atoms with van der Waals surface area (Å²) in [5.41, 5.74) is 3.31. The van der Waals surface area contributed by atoms with Crippen LogP contribution in [0.15, 0.2) is 36.5 Å². The van der Waals surface area contributed by atoms with Crippen LogP contribution < -0.4 is 19.7 Å². The van der Waals surface area contributed by atoms with Crippen molar-refractivity contribution in [2.24, 2.45) is 5.92 Å². The molecule has 1 aliphatic carbocycles. The van der Waals surface area contributed by atoms with Gasteiger partial charge in [0.15, 0.2) is 17.3 Å². The zero-order valence-electron chi connectivity index (χ0n) is 20.2. The maximum Gasteiger partial charge on any atom is 0.354 e. The van der Waals surface area contributed by atoms with Crippen molar-refractivity contribution in [3.8, 4) is 11.5 Å². The Hall–Kier alpha value is -4.21. The number of methoxy groups -OCH3 is 2. The molecule has 1 aromatic carbocycles. The Balaban J connectivity index is 1.36. The molecule has 0 saturated carbocycles. The van der Waals surface area contributed by atoms with Gasteiger partial charge in [-0.15, -0.1) is 0 Å². The third-order valence-corrected chi connectivity index (χ3v) is 6.68. The van der Waals surface area contributed by atoms with Crippen LogP contribution in [-0.2, 0) is 12.8 Å². The number of aromatic nitrogens is 3. The molecule has 0 spiro atoms. The molecule has 3 heterocycles. The normalized spacial score (nSPS) is 16.5. The quantitative estimate of drug-likeness (QED) is 0.454. The molecular weight excluding hydrogens is 462 g/mol. The highest BCUT2D eigenvalue weighted by atomic mass is 16.5. The van der Waals surface area contributed by atoms with Crippen molar-refractivity contribution in [1.82, 2.24) is 15.0 Å². The molecule has 5 rings (SSSR count). The molecule has 1 aliphatic heterocycles. The second kappa shape index (κ2) is 9.80. The Morgan fingerprint density at radius 2 is 1.92 bits per heavy atom. The average molecular weight is 490 g/mol. The smallest absolute Gasteiger partial charge is 0.354 e. The van der Waals surface area contributed by atoms with Crippen molar-refractivity contribution in [3.63, 3.8) is 0 Å². The second-order valence-corrected chi connectivity index (χ2v) is 8.88. The number of hydrogen-bond donors (Lipinski definition) is 2. The number of fused-ring (bicyclic) bond motifs is 1. The van der Waals surface area contributed by atoms with Crippen molar-refractivity contribution in [2.75, 3.05) is 37.5 Å². The van der Waals surface area contributed by atoms with Gasteiger partial charge in [-0.05, 0) is 49.9 Å². The Morgan fingerprint density at radius 3 is 2.64 bits per heavy atom. The van der Waals surface area contributed by atoms with E-state index in [1.807, 2.05) is 23.1 Å². The first kappa shape index (κ1) is 23.5. The minimum Gasteiger partial charge on any atom is -0.493 e. The Bertz CT molecular complexity index is 1310. The predicted octanol–water partition coefficient (Wildman–Crippen LogP) is 3.53. The van der Waals surface area contributed by atoms with Crippen LogP contribution in [0.3, 0.4) is 0 Å². The van der Waals surface area contributed by atoms with Gasteiger partial charge in [-0.1, -0.05) is 0 Å². The SMILES string of the molecule is COc1ccc(Nc2nc(N3CCC(C(=O)c4ccc(C(=O)O)nc4)C3)nc3c2CCC3)cc1OC. The largest absolute Gasteiger partial charge is 0.493 e. The minimum absolute atomic E-state index is 0.0493. The van der Waals surface area contributed by atoms with Crippen LogP contribution in [0, 0.1) is 5.92 Å². The van der Waals surface area contributed by atoms with Gasteiger partial charge in [0, 0.05) is 48.1 Å². The number of pyridine rings is 1. The molecule has 186 valence electrons. The molecule has 2 aromatic heterocycles. The number of Topliss-reactive ketones (excluding diaryl/α,β-unsaturated/α-hetero) is 1. The van der Waals surface area contributed by atoms with Crippen molar-refractivity contribution in [3.05, 3.63) is 59.0 Å². The lowest BCUT2D eigenvalue weighted by atomic mass is 9.98. The number of carboxylic acids is 1. The Labute approximate surface area is 208 Å². The number of ether oxygens (including phenoxy) is 2. The van der Waals surface area contributed by atoms with Gasteiger partial charge in [-0.3, -0.25) is 4.79 Å². The lowest BCUT2D eigenvalue weighted by molar-refractivity contribution is 0.0689. The summed E-state index contributed by atoms with van der Waals surface area (Å²) in [5, 5.41) is 12.5. The van der Waals surface area contributed by atoms with Gasteiger partial charge in [-0.25, -0.2) is 14.8 Å². The number of hydrogen-bond acceptors (Lipinski definition) is 9. The molecule has 10 nitrogen and oxygen atoms in total. The molecule has 3 aromatic rings. The highest BCUT2D eigenvalue weighted by Gasteiger charge is 2.32. The maximum absolute atomic E-state index is 13.0. The number of aryl methyl sites for hydroxylation is 1. The first-order chi connectivity index (χ1) is 17.5. The number of rotatable bonds is 8. The predicted molar refractivity (Wildman–Crippen MR) is 133 cm³/mol. The molecule has 2 aliphatic rings. The molecule has 36 heavy (non-hydrogen) atoms. The van der Waals surface area contributed by atoms with E-state index in [0.29, 0.717) is 42.5 Å². The number of anilines is 3. The number of nitrogens with one attached hydrogen (secondary N) is 1. The molecule has 0 radical (unpaired) electrons. The van der Waals surface area contributed by atoms with Gasteiger partial charge in [0.05, 0.1) is 19.9 Å². The van der Waals surface area contributed by atoms with Crippen molar-refractivity contribution < 1.29 is 24.2 Å². The van der Waals surface area contributed by atoms with Crippen LogP contribution in [0.25, 0.3) is 0 Å². The van der Waals surface area contributed by atoms with Crippen molar-refractivity contribution in [1.29, 1.82) is 0 Å². The van der Waals surface area contributed by atoms with Gasteiger partial charge in [-0.2, -0.15) is 4.98 Å². The lowest BCUT2D eigenvalue weighted by Gasteiger charge is -2.20. The third kappa shape index (κ3) is 4.53. The summed E-state index contributed by atoms with van der Waals surface area (Å²) < 4.78 is 10.8. The summed E-state index contributed by atoms with van der Waals surface area (Å²) in [6.45, 7) is 1.15. The van der Waals surface area contributed by atoms with E-state index in [0.717, 1.165) is 42.0 Å². The van der Waals surface area contributed by atoms with Crippen molar-refractivity contribution >= 4 is 29.2 Å². The molecule has 0 amide bonds. The summed E-state index contributed by atoms with van der Waals surface area (Å²) in [6, 6.07) is 8.52. The fourth-order valence-electron chi connectivity index (χ4n) is 4.77. The summed E-state index contributed by atoms with van der Waals surface area (Å²) in [6.07, 6.45) is 4.83.